The van der Waals surface area contributed by atoms with Gasteiger partial charge in [0, 0.05) is 42.8 Å². The third-order valence-electron chi connectivity index (χ3n) is 5.20. The Morgan fingerprint density at radius 3 is 2.92 bits per heavy atom. The average molecular weight is 356 g/mol. The molecule has 0 bridgehead atoms. The predicted octanol–water partition coefficient (Wildman–Crippen LogP) is -2.06. The van der Waals surface area contributed by atoms with Crippen LogP contribution in [0.3, 0.4) is 0 Å². The first-order valence-corrected chi connectivity index (χ1v) is 9.76. The van der Waals surface area contributed by atoms with Gasteiger partial charge in [0.2, 0.25) is 0 Å². The second-order valence-electron chi connectivity index (χ2n) is 6.84. The third kappa shape index (κ3) is 3.45. The number of ether oxygens (including phenoxy) is 1. The second-order valence-corrected chi connectivity index (χ2v) is 8.00. The van der Waals surface area contributed by atoms with Crippen LogP contribution in [0.25, 0.3) is 0 Å². The Morgan fingerprint density at radius 2 is 2.12 bits per heavy atom. The van der Waals surface area contributed by atoms with Gasteiger partial charge in [0.05, 0.1) is 43.7 Å². The molecule has 0 saturated carbocycles. The highest BCUT2D eigenvalue weighted by Gasteiger charge is 2.39. The summed E-state index contributed by atoms with van der Waals surface area (Å²) in [6, 6.07) is 0.595. The first-order chi connectivity index (χ1) is 11.7. The van der Waals surface area contributed by atoms with Crippen molar-refractivity contribution in [3.8, 4) is 0 Å². The lowest BCUT2D eigenvalue weighted by Crippen LogP contribution is -2.68. The van der Waals surface area contributed by atoms with Crippen molar-refractivity contribution in [2.24, 2.45) is 0 Å². The maximum Gasteiger partial charge on any atom is 0.0986 e. The van der Waals surface area contributed by atoms with Crippen LogP contribution in [0.5, 0.6) is 0 Å². The van der Waals surface area contributed by atoms with Crippen LogP contribution in [0.2, 0.25) is 0 Å². The van der Waals surface area contributed by atoms with E-state index in [1.54, 1.807) is 0 Å². The van der Waals surface area contributed by atoms with Crippen molar-refractivity contribution in [1.29, 1.82) is 0 Å². The monoisotopic (exact) mass is 356 g/mol. The summed E-state index contributed by atoms with van der Waals surface area (Å²) in [6.07, 6.45) is 2.49. The van der Waals surface area contributed by atoms with Gasteiger partial charge in [-0.1, -0.05) is 0 Å². The van der Waals surface area contributed by atoms with E-state index in [1.807, 2.05) is 11.8 Å². The minimum atomic E-state index is -0.404. The minimum absolute atomic E-state index is 0.0268. The van der Waals surface area contributed by atoms with Gasteiger partial charge in [-0.25, -0.2) is 0 Å². The molecule has 3 fully saturated rings. The van der Waals surface area contributed by atoms with E-state index in [-0.39, 0.29) is 18.2 Å². The maximum atomic E-state index is 9.94. The molecule has 0 aromatic heterocycles. The first kappa shape index (κ1) is 17.0. The first-order valence-electron chi connectivity index (χ1n) is 8.78. The molecule has 6 N–H and O–H groups in total. The van der Waals surface area contributed by atoms with Crippen molar-refractivity contribution in [3.05, 3.63) is 11.1 Å². The second kappa shape index (κ2) is 7.46. The van der Waals surface area contributed by atoms with Crippen LogP contribution in [0, 0.1) is 0 Å². The molecular weight excluding hydrogens is 328 g/mol. The van der Waals surface area contributed by atoms with Gasteiger partial charge in [0.15, 0.2) is 0 Å². The largest absolute Gasteiger partial charge is 0.389 e. The molecule has 0 radical (unpaired) electrons. The molecule has 4 heterocycles. The topological polar surface area (TPSA) is 92.8 Å². The lowest BCUT2D eigenvalue weighted by atomic mass is 10.1. The molecule has 0 spiro atoms. The molecule has 136 valence electrons. The summed E-state index contributed by atoms with van der Waals surface area (Å²) in [5.41, 5.74) is 0. The van der Waals surface area contributed by atoms with E-state index in [0.717, 1.165) is 25.6 Å². The highest BCUT2D eigenvalue weighted by molar-refractivity contribution is 8.03. The van der Waals surface area contributed by atoms with Gasteiger partial charge in [-0.3, -0.25) is 21.3 Å². The van der Waals surface area contributed by atoms with E-state index in [9.17, 15) is 5.11 Å². The van der Waals surface area contributed by atoms with Gasteiger partial charge in [0.25, 0.3) is 0 Å². The molecule has 8 nitrogen and oxygen atoms in total. The van der Waals surface area contributed by atoms with E-state index in [2.05, 4.69) is 44.6 Å². The highest BCUT2D eigenvalue weighted by atomic mass is 32.2. The van der Waals surface area contributed by atoms with Crippen molar-refractivity contribution >= 4 is 11.8 Å². The van der Waals surface area contributed by atoms with E-state index in [4.69, 9.17) is 4.74 Å². The Kier molecular flexibility index (Phi) is 5.30. The van der Waals surface area contributed by atoms with Crippen LogP contribution in [0.15, 0.2) is 11.1 Å². The Morgan fingerprint density at radius 1 is 1.29 bits per heavy atom. The zero-order valence-corrected chi connectivity index (χ0v) is 14.8. The minimum Gasteiger partial charge on any atom is -0.389 e. The summed E-state index contributed by atoms with van der Waals surface area (Å²) >= 11 is 1.90. The van der Waals surface area contributed by atoms with E-state index < -0.39 is 6.10 Å². The van der Waals surface area contributed by atoms with Crippen molar-refractivity contribution in [3.63, 3.8) is 0 Å². The highest BCUT2D eigenvalue weighted by Crippen LogP contribution is 2.27. The molecule has 4 aliphatic heterocycles. The van der Waals surface area contributed by atoms with Gasteiger partial charge >= 0.3 is 0 Å². The van der Waals surface area contributed by atoms with E-state index in [0.29, 0.717) is 25.4 Å². The fraction of sp³-hybridized carbons (Fsp3) is 0.867. The summed E-state index contributed by atoms with van der Waals surface area (Å²) in [6.45, 7) is 5.88. The smallest absolute Gasteiger partial charge is 0.0986 e. The normalized spacial score (nSPS) is 41.2. The standard InChI is InChI=1S/C15H28N6O2S/c1-9(20-10-5-23-6-11(10)22)12-4-21(2-3-24-12)15-13-14(17-7-16-13)18-8-19-15/h4,9-11,13-20,22H,2-3,5-8H2,1H3. The Labute approximate surface area is 147 Å². The van der Waals surface area contributed by atoms with Gasteiger partial charge in [0.1, 0.15) is 0 Å². The molecule has 0 aromatic carbocycles. The number of hydrogen-bond acceptors (Lipinski definition) is 9. The Balaban J connectivity index is 1.42. The maximum absolute atomic E-state index is 9.94. The van der Waals surface area contributed by atoms with Gasteiger partial charge in [-0.15, -0.1) is 11.8 Å². The van der Waals surface area contributed by atoms with Crippen LogP contribution in [0.1, 0.15) is 6.92 Å². The molecule has 3 saturated heterocycles. The summed E-state index contributed by atoms with van der Waals surface area (Å²) in [5.74, 6) is 1.08. The fourth-order valence-electron chi connectivity index (χ4n) is 3.84. The molecular formula is C15H28N6O2S. The van der Waals surface area contributed by atoms with Crippen molar-refractivity contribution in [1.82, 2.24) is 31.5 Å². The van der Waals surface area contributed by atoms with Crippen LogP contribution in [-0.4, -0.2) is 85.4 Å². The molecule has 6 atom stereocenters. The summed E-state index contributed by atoms with van der Waals surface area (Å²) in [4.78, 5) is 3.74. The summed E-state index contributed by atoms with van der Waals surface area (Å²) in [7, 11) is 0. The number of rotatable bonds is 4. The van der Waals surface area contributed by atoms with Crippen molar-refractivity contribution in [2.45, 2.75) is 43.5 Å². The molecule has 24 heavy (non-hydrogen) atoms. The number of nitrogens with zero attached hydrogens (tertiary/aromatic N) is 1. The van der Waals surface area contributed by atoms with Crippen LogP contribution >= 0.6 is 11.8 Å². The van der Waals surface area contributed by atoms with Gasteiger partial charge in [-0.05, 0) is 6.92 Å². The Bertz CT molecular complexity index is 481. The molecule has 9 heteroatoms. The number of aliphatic hydroxyl groups is 1. The van der Waals surface area contributed by atoms with Crippen LogP contribution in [0.4, 0.5) is 0 Å². The quantitative estimate of drug-likeness (QED) is 0.340. The molecule has 0 aromatic rings. The third-order valence-corrected chi connectivity index (χ3v) is 6.38. The number of thioether (sulfide) groups is 1. The lowest BCUT2D eigenvalue weighted by Gasteiger charge is -2.43. The summed E-state index contributed by atoms with van der Waals surface area (Å²) < 4.78 is 5.34. The van der Waals surface area contributed by atoms with Crippen molar-refractivity contribution in [2.75, 3.05) is 38.8 Å². The predicted molar refractivity (Wildman–Crippen MR) is 94.1 cm³/mol. The number of fused-ring (bicyclic) bond motifs is 1. The molecule has 4 aliphatic rings. The van der Waals surface area contributed by atoms with Gasteiger partial charge in [-0.2, -0.15) is 0 Å². The number of nitrogens with one attached hydrogen (secondary N) is 5. The number of hydrogen-bond donors (Lipinski definition) is 6. The fourth-order valence-corrected chi connectivity index (χ4v) is 4.91. The average Bonchev–Trinajstić information content (AvgIpc) is 3.24. The number of aliphatic hydroxyl groups excluding tert-OH is 1. The van der Waals surface area contributed by atoms with E-state index in [1.165, 1.54) is 4.91 Å². The van der Waals surface area contributed by atoms with Gasteiger partial charge < -0.3 is 20.1 Å². The van der Waals surface area contributed by atoms with E-state index >= 15 is 0 Å². The van der Waals surface area contributed by atoms with Crippen LogP contribution in [-0.2, 0) is 4.74 Å². The molecule has 4 rings (SSSR count). The summed E-state index contributed by atoms with van der Waals surface area (Å²) in [5, 5.41) is 27.5. The molecule has 0 amide bonds. The molecule has 0 aliphatic carbocycles. The SMILES string of the molecule is CC(NC1COCC1O)C1=CN(C2NCNC3NCNC32)CCS1. The molecule has 6 unspecified atom stereocenters. The Hall–Kier alpha value is -0.390. The zero-order valence-electron chi connectivity index (χ0n) is 14.0. The lowest BCUT2D eigenvalue weighted by molar-refractivity contribution is 0.121. The van der Waals surface area contributed by atoms with Crippen molar-refractivity contribution < 1.29 is 9.84 Å². The van der Waals surface area contributed by atoms with Crippen LogP contribution < -0.4 is 26.6 Å². The zero-order chi connectivity index (χ0) is 16.5.